The maximum Gasteiger partial charge on any atom is 0.105 e. The van der Waals surface area contributed by atoms with E-state index in [4.69, 9.17) is 0 Å². The van der Waals surface area contributed by atoms with Gasteiger partial charge in [0.2, 0.25) is 0 Å². The molecule has 0 radical (unpaired) electrons. The molecule has 0 heterocycles. The minimum atomic E-state index is -0.924. The van der Waals surface area contributed by atoms with E-state index in [-0.39, 0.29) is 5.69 Å². The predicted molar refractivity (Wildman–Crippen MR) is 38.8 cm³/mol. The first-order chi connectivity index (χ1) is 4.70. The van der Waals surface area contributed by atoms with Crippen LogP contribution in [0.25, 0.3) is 0 Å². The van der Waals surface area contributed by atoms with Crippen LogP contribution in [0.2, 0.25) is 0 Å². The van der Waals surface area contributed by atoms with Crippen LogP contribution in [0, 0.1) is 0 Å². The lowest BCUT2D eigenvalue weighted by molar-refractivity contribution is 0.235. The Balaban J connectivity index is 2.89. The summed E-state index contributed by atoms with van der Waals surface area (Å²) in [5.41, 5.74) is -0.108. The van der Waals surface area contributed by atoms with Gasteiger partial charge < -0.3 is 0 Å². The standard InChI is InChI=1S/C6H4BrF2N/c7-5-1-3-6(4-2-5)10(8)9/h1-4H. The molecule has 4 heteroatoms. The van der Waals surface area contributed by atoms with E-state index in [2.05, 4.69) is 15.9 Å². The fraction of sp³-hybridized carbons (Fsp3) is 0. The second-order valence-corrected chi connectivity index (χ2v) is 2.63. The Kier molecular flexibility index (Phi) is 2.21. The Hall–Kier alpha value is -0.640. The van der Waals surface area contributed by atoms with E-state index in [1.165, 1.54) is 12.1 Å². The molecule has 0 bridgehead atoms. The molecule has 0 saturated heterocycles. The second-order valence-electron chi connectivity index (χ2n) is 1.71. The molecule has 1 aromatic rings. The van der Waals surface area contributed by atoms with Gasteiger partial charge >= 0.3 is 0 Å². The molecule has 0 saturated carbocycles. The SMILES string of the molecule is FN(F)c1ccc(Br)cc1. The van der Waals surface area contributed by atoms with Crippen LogP contribution < -0.4 is 5.34 Å². The first-order valence-electron chi connectivity index (χ1n) is 2.57. The van der Waals surface area contributed by atoms with E-state index in [0.717, 1.165) is 4.47 Å². The smallest absolute Gasteiger partial charge is 0.0666 e. The van der Waals surface area contributed by atoms with Gasteiger partial charge in [0.05, 0.1) is 0 Å². The first kappa shape index (κ1) is 7.47. The van der Waals surface area contributed by atoms with Crippen molar-refractivity contribution in [3.63, 3.8) is 0 Å². The molecule has 0 fully saturated rings. The van der Waals surface area contributed by atoms with E-state index in [0.29, 0.717) is 0 Å². The minimum absolute atomic E-state index is 0.108. The van der Waals surface area contributed by atoms with Crippen molar-refractivity contribution in [2.24, 2.45) is 0 Å². The summed E-state index contributed by atoms with van der Waals surface area (Å²) in [4.78, 5) is 0. The van der Waals surface area contributed by atoms with Crippen LogP contribution in [0.3, 0.4) is 0 Å². The van der Waals surface area contributed by atoms with Crippen LogP contribution >= 0.6 is 15.9 Å². The summed E-state index contributed by atoms with van der Waals surface area (Å²) in [5.74, 6) is 0. The van der Waals surface area contributed by atoms with Crippen molar-refractivity contribution in [3.05, 3.63) is 28.7 Å². The highest BCUT2D eigenvalue weighted by molar-refractivity contribution is 9.10. The van der Waals surface area contributed by atoms with Crippen LogP contribution in [0.5, 0.6) is 0 Å². The van der Waals surface area contributed by atoms with Gasteiger partial charge in [-0.2, -0.15) is 0 Å². The Morgan fingerprint density at radius 2 is 1.60 bits per heavy atom. The summed E-state index contributed by atoms with van der Waals surface area (Å²) in [6.45, 7) is 0. The number of hydrogen-bond acceptors (Lipinski definition) is 1. The topological polar surface area (TPSA) is 3.24 Å². The maximum atomic E-state index is 11.7. The Labute approximate surface area is 65.3 Å². The fourth-order valence-corrected chi connectivity index (χ4v) is 0.818. The average Bonchev–Trinajstić information content (AvgIpc) is 1.88. The van der Waals surface area contributed by atoms with Crippen molar-refractivity contribution < 1.29 is 8.96 Å². The summed E-state index contributed by atoms with van der Waals surface area (Å²) in [5, 5.41) is -0.924. The summed E-state index contributed by atoms with van der Waals surface area (Å²) in [7, 11) is 0. The summed E-state index contributed by atoms with van der Waals surface area (Å²) < 4.78 is 24.2. The van der Waals surface area contributed by atoms with Crippen molar-refractivity contribution in [3.8, 4) is 0 Å². The van der Waals surface area contributed by atoms with Crippen molar-refractivity contribution >= 4 is 21.6 Å². The minimum Gasteiger partial charge on any atom is -0.0666 e. The third kappa shape index (κ3) is 1.67. The van der Waals surface area contributed by atoms with Gasteiger partial charge in [0.25, 0.3) is 0 Å². The molecule has 0 aliphatic rings. The second kappa shape index (κ2) is 2.96. The first-order valence-corrected chi connectivity index (χ1v) is 3.37. The molecule has 0 aromatic heterocycles. The van der Waals surface area contributed by atoms with Gasteiger partial charge in [-0.05, 0) is 29.6 Å². The molecular formula is C6H4BrF2N. The van der Waals surface area contributed by atoms with E-state index in [9.17, 15) is 8.96 Å². The molecule has 1 aromatic carbocycles. The molecule has 0 amide bonds. The molecule has 0 unspecified atom stereocenters. The van der Waals surface area contributed by atoms with Gasteiger partial charge in [0, 0.05) is 4.47 Å². The number of halogens is 3. The van der Waals surface area contributed by atoms with E-state index >= 15 is 0 Å². The lowest BCUT2D eigenvalue weighted by Gasteiger charge is -1.99. The number of rotatable bonds is 1. The molecule has 0 aliphatic carbocycles. The molecule has 54 valence electrons. The number of nitrogens with zero attached hydrogens (tertiary/aromatic N) is 1. The lowest BCUT2D eigenvalue weighted by atomic mass is 10.3. The number of hydrogen-bond donors (Lipinski definition) is 0. The van der Waals surface area contributed by atoms with E-state index in [1.807, 2.05) is 0 Å². The van der Waals surface area contributed by atoms with Crippen molar-refractivity contribution in [2.75, 3.05) is 5.34 Å². The Morgan fingerprint density at radius 1 is 1.10 bits per heavy atom. The third-order valence-electron chi connectivity index (χ3n) is 1.02. The molecule has 10 heavy (non-hydrogen) atoms. The zero-order valence-corrected chi connectivity index (χ0v) is 6.48. The van der Waals surface area contributed by atoms with Gasteiger partial charge in [-0.3, -0.25) is 0 Å². The quantitative estimate of drug-likeness (QED) is 0.641. The van der Waals surface area contributed by atoms with Crippen LogP contribution in [0.15, 0.2) is 28.7 Å². The highest BCUT2D eigenvalue weighted by atomic mass is 79.9. The third-order valence-corrected chi connectivity index (χ3v) is 1.55. The van der Waals surface area contributed by atoms with E-state index in [1.54, 1.807) is 12.1 Å². The Morgan fingerprint density at radius 3 is 2.00 bits per heavy atom. The van der Waals surface area contributed by atoms with Crippen LogP contribution in [-0.2, 0) is 0 Å². The Bertz CT molecular complexity index is 209. The predicted octanol–water partition coefficient (Wildman–Crippen LogP) is 3.02. The number of anilines is 1. The van der Waals surface area contributed by atoms with Gasteiger partial charge in [0.15, 0.2) is 0 Å². The zero-order chi connectivity index (χ0) is 7.56. The fourth-order valence-electron chi connectivity index (χ4n) is 0.554. The highest BCUT2D eigenvalue weighted by Gasteiger charge is 1.99. The summed E-state index contributed by atoms with van der Waals surface area (Å²) >= 11 is 3.13. The molecule has 0 aliphatic heterocycles. The largest absolute Gasteiger partial charge is 0.105 e. The van der Waals surface area contributed by atoms with Crippen LogP contribution in [-0.4, -0.2) is 0 Å². The van der Waals surface area contributed by atoms with Crippen molar-refractivity contribution in [1.82, 2.24) is 0 Å². The van der Waals surface area contributed by atoms with Crippen LogP contribution in [0.1, 0.15) is 0 Å². The summed E-state index contributed by atoms with van der Waals surface area (Å²) in [6, 6.07) is 5.76. The summed E-state index contributed by atoms with van der Waals surface area (Å²) in [6.07, 6.45) is 0. The maximum absolute atomic E-state index is 11.7. The molecule has 0 N–H and O–H groups in total. The van der Waals surface area contributed by atoms with Crippen molar-refractivity contribution in [1.29, 1.82) is 0 Å². The normalized spacial score (nSPS) is 9.50. The zero-order valence-electron chi connectivity index (χ0n) is 4.89. The van der Waals surface area contributed by atoms with Gasteiger partial charge in [-0.15, -0.1) is 0 Å². The molecule has 1 rings (SSSR count). The molecular weight excluding hydrogens is 204 g/mol. The highest BCUT2D eigenvalue weighted by Crippen LogP contribution is 2.18. The molecule has 0 atom stereocenters. The van der Waals surface area contributed by atoms with Gasteiger partial charge in [-0.25, -0.2) is 0 Å². The van der Waals surface area contributed by atoms with Crippen LogP contribution in [0.4, 0.5) is 14.6 Å². The molecule has 0 spiro atoms. The average molecular weight is 208 g/mol. The number of benzene rings is 1. The van der Waals surface area contributed by atoms with Gasteiger partial charge in [-0.1, -0.05) is 24.9 Å². The lowest BCUT2D eigenvalue weighted by Crippen LogP contribution is -1.93. The monoisotopic (exact) mass is 207 g/mol. The van der Waals surface area contributed by atoms with Gasteiger partial charge in [0.1, 0.15) is 5.69 Å². The van der Waals surface area contributed by atoms with E-state index < -0.39 is 5.34 Å². The molecule has 1 nitrogen and oxygen atoms in total. The van der Waals surface area contributed by atoms with Crippen molar-refractivity contribution in [2.45, 2.75) is 0 Å².